The molecule has 4 rings (SSSR count). The second-order valence-electron chi connectivity index (χ2n) is 7.94. The molecule has 1 aliphatic rings. The molecule has 3 heterocycles. The lowest BCUT2D eigenvalue weighted by atomic mass is 10.0. The predicted molar refractivity (Wildman–Crippen MR) is 127 cm³/mol. The number of thiophene rings is 1. The van der Waals surface area contributed by atoms with Gasteiger partial charge in [0.2, 0.25) is 0 Å². The molecule has 2 aromatic heterocycles. The summed E-state index contributed by atoms with van der Waals surface area (Å²) in [7, 11) is 0. The van der Waals surface area contributed by atoms with E-state index in [1.165, 1.54) is 39.4 Å². The molecule has 0 fully saturated rings. The monoisotopic (exact) mass is 483 g/mol. The molecular weight excluding hydrogens is 462 g/mol. The molecule has 1 aliphatic heterocycles. The zero-order valence-corrected chi connectivity index (χ0v) is 19.8. The van der Waals surface area contributed by atoms with E-state index in [9.17, 15) is 19.7 Å². The van der Waals surface area contributed by atoms with Gasteiger partial charge in [-0.2, -0.15) is 0 Å². The molecule has 0 unspecified atom stereocenters. The number of hydrogen-bond donors (Lipinski definition) is 0. The lowest BCUT2D eigenvalue weighted by Gasteiger charge is -2.23. The number of carbonyl (C=O) groups is 1. The minimum Gasteiger partial charge on any atom is -0.462 e. The number of fused-ring (bicyclic) bond motifs is 1. The number of nitro groups is 1. The Morgan fingerprint density at radius 1 is 1.30 bits per heavy atom. The maximum absolute atomic E-state index is 13.4. The van der Waals surface area contributed by atoms with Crippen LogP contribution in [-0.2, 0) is 9.53 Å². The zero-order valence-electron chi connectivity index (χ0n) is 18.2. The van der Waals surface area contributed by atoms with Crippen LogP contribution in [0.3, 0.4) is 0 Å². The Kier molecular flexibility index (Phi) is 6.39. The van der Waals surface area contributed by atoms with E-state index in [-0.39, 0.29) is 23.8 Å². The van der Waals surface area contributed by atoms with E-state index >= 15 is 0 Å². The lowest BCUT2D eigenvalue weighted by molar-refractivity contribution is -0.384. The maximum atomic E-state index is 13.4. The average Bonchev–Trinajstić information content (AvgIpc) is 3.40. The predicted octanol–water partition coefficient (Wildman–Crippen LogP) is 3.40. The van der Waals surface area contributed by atoms with Crippen molar-refractivity contribution in [1.82, 2.24) is 4.57 Å². The number of esters is 1. The molecule has 170 valence electrons. The number of non-ortho nitro benzene ring substituents is 1. The Morgan fingerprint density at radius 3 is 2.64 bits per heavy atom. The third kappa shape index (κ3) is 4.57. The highest BCUT2D eigenvalue weighted by atomic mass is 32.1. The molecule has 1 atom stereocenters. The van der Waals surface area contributed by atoms with Crippen molar-refractivity contribution in [2.45, 2.75) is 26.8 Å². The van der Waals surface area contributed by atoms with Gasteiger partial charge in [-0.05, 0) is 48.1 Å². The summed E-state index contributed by atoms with van der Waals surface area (Å²) >= 11 is 2.67. The van der Waals surface area contributed by atoms with Crippen LogP contribution in [-0.4, -0.2) is 22.1 Å². The Bertz CT molecular complexity index is 1410. The first-order valence-corrected chi connectivity index (χ1v) is 11.9. The van der Waals surface area contributed by atoms with Crippen molar-refractivity contribution >= 4 is 40.4 Å². The molecule has 0 saturated carbocycles. The van der Waals surface area contributed by atoms with E-state index in [4.69, 9.17) is 4.74 Å². The normalized spacial score (nSPS) is 16.0. The van der Waals surface area contributed by atoms with Gasteiger partial charge < -0.3 is 4.74 Å². The topological polar surface area (TPSA) is 104 Å². The van der Waals surface area contributed by atoms with Crippen molar-refractivity contribution < 1.29 is 14.5 Å². The molecule has 8 nitrogen and oxygen atoms in total. The van der Waals surface area contributed by atoms with E-state index in [0.29, 0.717) is 26.2 Å². The van der Waals surface area contributed by atoms with Gasteiger partial charge in [0.05, 0.1) is 27.3 Å². The first-order valence-electron chi connectivity index (χ1n) is 10.2. The minimum absolute atomic E-state index is 0.0218. The number of thiazole rings is 1. The van der Waals surface area contributed by atoms with E-state index < -0.39 is 16.9 Å². The van der Waals surface area contributed by atoms with Crippen LogP contribution in [0.4, 0.5) is 5.69 Å². The van der Waals surface area contributed by atoms with Gasteiger partial charge in [-0.3, -0.25) is 19.5 Å². The van der Waals surface area contributed by atoms with Gasteiger partial charge in [0, 0.05) is 17.0 Å². The molecule has 3 aromatic rings. The van der Waals surface area contributed by atoms with E-state index in [0.717, 1.165) is 4.88 Å². The van der Waals surface area contributed by atoms with Crippen LogP contribution in [0.25, 0.3) is 6.08 Å². The summed E-state index contributed by atoms with van der Waals surface area (Å²) in [5.74, 6) is -0.300. The number of ether oxygens (including phenoxy) is 1. The number of carbonyl (C=O) groups excluding carboxylic acids is 1. The van der Waals surface area contributed by atoms with Crippen molar-refractivity contribution in [1.29, 1.82) is 0 Å². The van der Waals surface area contributed by atoms with Gasteiger partial charge in [-0.15, -0.1) is 11.3 Å². The summed E-state index contributed by atoms with van der Waals surface area (Å²) in [6.07, 6.45) is 1.68. The van der Waals surface area contributed by atoms with Crippen LogP contribution >= 0.6 is 22.7 Å². The minimum atomic E-state index is -0.625. The summed E-state index contributed by atoms with van der Waals surface area (Å²) in [6.45, 7) is 5.94. The summed E-state index contributed by atoms with van der Waals surface area (Å²) < 4.78 is 7.46. The second-order valence-corrected chi connectivity index (χ2v) is 9.93. The quantitative estimate of drug-likeness (QED) is 0.304. The molecule has 1 aromatic carbocycles. The van der Waals surface area contributed by atoms with E-state index in [1.54, 1.807) is 25.1 Å². The fourth-order valence-corrected chi connectivity index (χ4v) is 5.33. The number of benzene rings is 1. The van der Waals surface area contributed by atoms with Gasteiger partial charge in [-0.25, -0.2) is 9.79 Å². The van der Waals surface area contributed by atoms with Gasteiger partial charge in [-0.1, -0.05) is 31.3 Å². The molecule has 0 N–H and O–H groups in total. The van der Waals surface area contributed by atoms with Crippen molar-refractivity contribution in [3.63, 3.8) is 0 Å². The van der Waals surface area contributed by atoms with Crippen molar-refractivity contribution in [2.75, 3.05) is 6.61 Å². The molecule has 0 aliphatic carbocycles. The van der Waals surface area contributed by atoms with Crippen LogP contribution < -0.4 is 14.9 Å². The summed E-state index contributed by atoms with van der Waals surface area (Å²) in [6, 6.07) is 9.10. The first-order chi connectivity index (χ1) is 15.8. The molecule has 33 heavy (non-hydrogen) atoms. The number of nitrogens with zero attached hydrogens (tertiary/aromatic N) is 3. The van der Waals surface area contributed by atoms with Gasteiger partial charge in [0.15, 0.2) is 4.80 Å². The third-order valence-corrected chi connectivity index (χ3v) is 6.91. The van der Waals surface area contributed by atoms with Crippen LogP contribution in [0.1, 0.15) is 37.3 Å². The Balaban J connectivity index is 1.83. The van der Waals surface area contributed by atoms with Crippen molar-refractivity contribution in [3.8, 4) is 0 Å². The van der Waals surface area contributed by atoms with Gasteiger partial charge in [0.1, 0.15) is 6.04 Å². The number of aromatic nitrogens is 1. The fourth-order valence-electron chi connectivity index (χ4n) is 3.46. The summed E-state index contributed by atoms with van der Waals surface area (Å²) in [5, 5.41) is 12.8. The summed E-state index contributed by atoms with van der Waals surface area (Å²) in [4.78, 5) is 42.8. The Hall–Kier alpha value is -3.37. The highest BCUT2D eigenvalue weighted by molar-refractivity contribution is 7.10. The highest BCUT2D eigenvalue weighted by Gasteiger charge is 2.34. The molecule has 0 amide bonds. The Labute approximate surface area is 197 Å². The molecule has 0 spiro atoms. The van der Waals surface area contributed by atoms with Crippen molar-refractivity contribution in [3.05, 3.63) is 93.3 Å². The van der Waals surface area contributed by atoms with Crippen LogP contribution in [0, 0.1) is 16.0 Å². The standard InChI is InChI=1S/C23H21N3O5S2/c1-13(2)12-31-22(28)19-14(3)24-23-25(20(19)17-5-4-10-32-17)21(27)18(33-23)11-15-6-8-16(9-7-15)26(29)30/h4-11,13,20H,12H2,1-3H3/b18-11+/t20-/m0/s1. The average molecular weight is 484 g/mol. The largest absolute Gasteiger partial charge is 0.462 e. The molecule has 10 heteroatoms. The van der Waals surface area contributed by atoms with Gasteiger partial charge >= 0.3 is 5.97 Å². The molecule has 0 bridgehead atoms. The van der Waals surface area contributed by atoms with E-state index in [1.807, 2.05) is 31.4 Å². The van der Waals surface area contributed by atoms with Crippen LogP contribution in [0.15, 0.2) is 62.8 Å². The molecular formula is C23H21N3O5S2. The van der Waals surface area contributed by atoms with Crippen molar-refractivity contribution in [2.24, 2.45) is 10.9 Å². The Morgan fingerprint density at radius 2 is 2.03 bits per heavy atom. The number of rotatable bonds is 6. The number of hydrogen-bond acceptors (Lipinski definition) is 8. The number of nitro benzene ring substituents is 1. The number of allylic oxidation sites excluding steroid dienone is 1. The summed E-state index contributed by atoms with van der Waals surface area (Å²) in [5.41, 5.74) is 1.23. The first kappa shape index (κ1) is 22.8. The lowest BCUT2D eigenvalue weighted by Crippen LogP contribution is -2.39. The molecule has 0 saturated heterocycles. The highest BCUT2D eigenvalue weighted by Crippen LogP contribution is 2.33. The zero-order chi connectivity index (χ0) is 23.7. The maximum Gasteiger partial charge on any atom is 0.338 e. The second kappa shape index (κ2) is 9.24. The third-order valence-electron chi connectivity index (χ3n) is 5.00. The molecule has 0 radical (unpaired) electrons. The van der Waals surface area contributed by atoms with E-state index in [2.05, 4.69) is 4.99 Å². The SMILES string of the molecule is CC1=C(C(=O)OCC(C)C)[C@H](c2cccs2)n2c(s/c(=C/c3ccc([N+](=O)[O-])cc3)c2=O)=N1. The smallest absolute Gasteiger partial charge is 0.338 e. The fraction of sp³-hybridized carbons (Fsp3) is 0.261. The van der Waals surface area contributed by atoms with Crippen LogP contribution in [0.5, 0.6) is 0 Å². The van der Waals surface area contributed by atoms with Crippen LogP contribution in [0.2, 0.25) is 0 Å². The van der Waals surface area contributed by atoms with Gasteiger partial charge in [0.25, 0.3) is 11.2 Å².